The number of carbonyl (C=O) groups is 1. The van der Waals surface area contributed by atoms with Crippen molar-refractivity contribution in [3.05, 3.63) is 68.3 Å². The summed E-state index contributed by atoms with van der Waals surface area (Å²) in [5.41, 5.74) is 1.55. The molecular weight excluding hydrogens is 571 g/mol. The van der Waals surface area contributed by atoms with Crippen molar-refractivity contribution in [1.29, 1.82) is 0 Å². The molecule has 0 spiro atoms. The van der Waals surface area contributed by atoms with E-state index >= 15 is 0 Å². The van der Waals surface area contributed by atoms with Crippen LogP contribution in [0.5, 0.6) is 11.5 Å². The molecule has 0 bridgehead atoms. The van der Waals surface area contributed by atoms with Gasteiger partial charge < -0.3 is 19.9 Å². The topological polar surface area (TPSA) is 67.8 Å². The number of halogens is 4. The van der Waals surface area contributed by atoms with Gasteiger partial charge in [-0.05, 0) is 64.5 Å². The van der Waals surface area contributed by atoms with E-state index in [9.17, 15) is 23.1 Å². The molecule has 2 atom stereocenters. The minimum absolute atomic E-state index is 0.0498. The number of aliphatic carboxylic acids is 1. The van der Waals surface area contributed by atoms with Gasteiger partial charge in [0, 0.05) is 23.0 Å². The maximum Gasteiger partial charge on any atom is 0.426 e. The summed E-state index contributed by atoms with van der Waals surface area (Å²) in [6.07, 6.45) is -1.36. The third-order valence-electron chi connectivity index (χ3n) is 6.39. The molecule has 1 aromatic heterocycles. The number of carboxylic acids is 1. The normalized spacial score (nSPS) is 18.0. The SMILES string of the molecule is COc1cc(CNC2CCCC(C(=O)O)C2)cc(Br)c1OCc1cc(-c2ccccc2)c(C(F)(F)F)s1. The van der Waals surface area contributed by atoms with Crippen molar-refractivity contribution in [2.75, 3.05) is 7.11 Å². The number of alkyl halides is 3. The fraction of sp³-hybridized carbons (Fsp3) is 0.370. The Balaban J connectivity index is 1.47. The molecule has 1 aliphatic rings. The highest BCUT2D eigenvalue weighted by atomic mass is 79.9. The van der Waals surface area contributed by atoms with E-state index in [4.69, 9.17) is 9.47 Å². The first-order chi connectivity index (χ1) is 17.7. The number of thiophene rings is 1. The predicted octanol–water partition coefficient (Wildman–Crippen LogP) is 7.52. The van der Waals surface area contributed by atoms with Crippen LogP contribution in [0.2, 0.25) is 0 Å². The molecule has 3 aromatic rings. The number of rotatable bonds is 9. The van der Waals surface area contributed by atoms with E-state index in [1.807, 2.05) is 12.1 Å². The number of hydrogen-bond acceptors (Lipinski definition) is 5. The zero-order valence-electron chi connectivity index (χ0n) is 20.1. The van der Waals surface area contributed by atoms with Crippen LogP contribution < -0.4 is 14.8 Å². The number of carboxylic acid groups (broad SMARTS) is 1. The molecule has 4 rings (SSSR count). The van der Waals surface area contributed by atoms with E-state index < -0.39 is 17.0 Å². The average Bonchev–Trinajstić information content (AvgIpc) is 3.32. The zero-order valence-corrected chi connectivity index (χ0v) is 22.5. The number of ether oxygens (including phenoxy) is 2. The first kappa shape index (κ1) is 27.5. The Morgan fingerprint density at radius 1 is 1.19 bits per heavy atom. The van der Waals surface area contributed by atoms with E-state index in [1.165, 1.54) is 13.2 Å². The molecule has 37 heavy (non-hydrogen) atoms. The lowest BCUT2D eigenvalue weighted by atomic mass is 9.86. The number of methoxy groups -OCH3 is 1. The number of benzene rings is 2. The van der Waals surface area contributed by atoms with Crippen LogP contribution in [0.1, 0.15) is 41.0 Å². The molecule has 0 saturated heterocycles. The minimum atomic E-state index is -4.47. The van der Waals surface area contributed by atoms with E-state index in [0.29, 0.717) is 57.1 Å². The molecule has 1 fully saturated rings. The summed E-state index contributed by atoms with van der Waals surface area (Å²) in [4.78, 5) is 11.1. The summed E-state index contributed by atoms with van der Waals surface area (Å²) in [6.45, 7) is 0.471. The molecule has 5 nitrogen and oxygen atoms in total. The van der Waals surface area contributed by atoms with Gasteiger partial charge in [-0.25, -0.2) is 0 Å². The summed E-state index contributed by atoms with van der Waals surface area (Å²) in [5, 5.41) is 12.7. The van der Waals surface area contributed by atoms with Crippen LogP contribution in [0, 0.1) is 5.92 Å². The Morgan fingerprint density at radius 3 is 2.62 bits per heavy atom. The molecule has 1 heterocycles. The molecule has 2 aromatic carbocycles. The van der Waals surface area contributed by atoms with Crippen molar-refractivity contribution >= 4 is 33.2 Å². The Hall–Kier alpha value is -2.56. The lowest BCUT2D eigenvalue weighted by Crippen LogP contribution is -2.36. The molecule has 0 aliphatic heterocycles. The fourth-order valence-corrected chi connectivity index (χ4v) is 6.14. The van der Waals surface area contributed by atoms with Gasteiger partial charge in [0.25, 0.3) is 0 Å². The maximum atomic E-state index is 13.7. The summed E-state index contributed by atoms with van der Waals surface area (Å²) in [6, 6.07) is 13.8. The van der Waals surface area contributed by atoms with Crippen molar-refractivity contribution in [1.82, 2.24) is 5.32 Å². The van der Waals surface area contributed by atoms with Gasteiger partial charge in [-0.1, -0.05) is 36.8 Å². The Morgan fingerprint density at radius 2 is 1.95 bits per heavy atom. The van der Waals surface area contributed by atoms with Crippen molar-refractivity contribution < 1.29 is 32.5 Å². The summed E-state index contributed by atoms with van der Waals surface area (Å²) >= 11 is 4.18. The average molecular weight is 598 g/mol. The van der Waals surface area contributed by atoms with Gasteiger partial charge in [-0.2, -0.15) is 13.2 Å². The van der Waals surface area contributed by atoms with Crippen LogP contribution in [-0.4, -0.2) is 24.2 Å². The smallest absolute Gasteiger partial charge is 0.426 e. The quantitative estimate of drug-likeness (QED) is 0.267. The van der Waals surface area contributed by atoms with E-state index in [1.54, 1.807) is 30.3 Å². The molecular formula is C27H27BrF3NO4S. The lowest BCUT2D eigenvalue weighted by Gasteiger charge is -2.27. The first-order valence-electron chi connectivity index (χ1n) is 11.9. The first-order valence-corrected chi connectivity index (χ1v) is 13.5. The van der Waals surface area contributed by atoms with Gasteiger partial charge in [0.2, 0.25) is 0 Å². The molecule has 2 N–H and O–H groups in total. The lowest BCUT2D eigenvalue weighted by molar-refractivity contribution is -0.143. The van der Waals surface area contributed by atoms with Crippen LogP contribution in [0.15, 0.2) is 53.0 Å². The minimum Gasteiger partial charge on any atom is -0.493 e. The van der Waals surface area contributed by atoms with Gasteiger partial charge in [-0.15, -0.1) is 11.3 Å². The Bertz CT molecular complexity index is 1230. The van der Waals surface area contributed by atoms with E-state index in [2.05, 4.69) is 21.2 Å². The third kappa shape index (κ3) is 6.86. The monoisotopic (exact) mass is 597 g/mol. The molecule has 0 amide bonds. The van der Waals surface area contributed by atoms with Crippen molar-refractivity contribution in [3.63, 3.8) is 0 Å². The van der Waals surface area contributed by atoms with E-state index in [-0.39, 0.29) is 24.1 Å². The standard InChI is InChI=1S/C27H27BrF3NO4S/c1-35-23-11-16(14-32-19-9-5-8-18(12-19)26(33)34)10-22(28)24(23)36-15-20-13-21(17-6-3-2-4-7-17)25(37-20)27(29,30)31/h2-4,6-7,10-11,13,18-19,32H,5,8-9,12,14-15H2,1H3,(H,33,34). The third-order valence-corrected chi connectivity index (χ3v) is 8.13. The van der Waals surface area contributed by atoms with Crippen LogP contribution in [0.4, 0.5) is 13.2 Å². The molecule has 0 radical (unpaired) electrons. The fourth-order valence-electron chi connectivity index (χ4n) is 4.58. The van der Waals surface area contributed by atoms with Crippen molar-refractivity contribution in [2.24, 2.45) is 5.92 Å². The van der Waals surface area contributed by atoms with Gasteiger partial charge in [0.05, 0.1) is 17.5 Å². The van der Waals surface area contributed by atoms with Crippen LogP contribution in [0.25, 0.3) is 11.1 Å². The van der Waals surface area contributed by atoms with Gasteiger partial charge in [-0.3, -0.25) is 4.79 Å². The Labute approximate surface area is 225 Å². The van der Waals surface area contributed by atoms with Gasteiger partial charge in [0.15, 0.2) is 11.5 Å². The second-order valence-electron chi connectivity index (χ2n) is 9.00. The highest BCUT2D eigenvalue weighted by Crippen LogP contribution is 2.44. The van der Waals surface area contributed by atoms with Crippen molar-refractivity contribution in [3.8, 4) is 22.6 Å². The highest BCUT2D eigenvalue weighted by Gasteiger charge is 2.36. The van der Waals surface area contributed by atoms with Crippen LogP contribution >= 0.6 is 27.3 Å². The highest BCUT2D eigenvalue weighted by molar-refractivity contribution is 9.10. The molecule has 1 aliphatic carbocycles. The van der Waals surface area contributed by atoms with Crippen LogP contribution in [-0.2, 0) is 24.1 Å². The molecule has 1 saturated carbocycles. The number of hydrogen-bond donors (Lipinski definition) is 2. The van der Waals surface area contributed by atoms with Crippen molar-refractivity contribution in [2.45, 2.75) is 51.1 Å². The second kappa shape index (κ2) is 11.9. The summed E-state index contributed by atoms with van der Waals surface area (Å²) < 4.78 is 53.2. The zero-order chi connectivity index (χ0) is 26.6. The summed E-state index contributed by atoms with van der Waals surface area (Å²) in [7, 11) is 1.50. The van der Waals surface area contributed by atoms with Crippen LogP contribution in [0.3, 0.4) is 0 Å². The maximum absolute atomic E-state index is 13.7. The predicted molar refractivity (Wildman–Crippen MR) is 140 cm³/mol. The van der Waals surface area contributed by atoms with Gasteiger partial charge in [0.1, 0.15) is 11.5 Å². The van der Waals surface area contributed by atoms with Gasteiger partial charge >= 0.3 is 12.1 Å². The molecule has 10 heteroatoms. The molecule has 198 valence electrons. The molecule has 2 unspecified atom stereocenters. The number of nitrogens with one attached hydrogen (secondary N) is 1. The summed E-state index contributed by atoms with van der Waals surface area (Å²) in [5.74, 6) is -0.214. The second-order valence-corrected chi connectivity index (χ2v) is 11.0. The largest absolute Gasteiger partial charge is 0.493 e. The van der Waals surface area contributed by atoms with E-state index in [0.717, 1.165) is 18.4 Å². The Kier molecular flexibility index (Phi) is 8.82.